The van der Waals surface area contributed by atoms with Gasteiger partial charge in [-0.1, -0.05) is 0 Å². The number of nitrogens with zero attached hydrogens (tertiary/aromatic N) is 4. The third-order valence-electron chi connectivity index (χ3n) is 4.55. The summed E-state index contributed by atoms with van der Waals surface area (Å²) in [5.41, 5.74) is 8.31. The van der Waals surface area contributed by atoms with Crippen LogP contribution in [-0.2, 0) is 7.05 Å². The number of pyridine rings is 1. The maximum atomic E-state index is 13.0. The first-order valence-electron chi connectivity index (χ1n) is 7.81. The SMILES string of the molecule is Cc1cc(C(=O)N2CCC[C@@H]([C@@H](C)N)C2)c2cnn(C)c2n1. The first-order valence-corrected chi connectivity index (χ1v) is 7.81. The van der Waals surface area contributed by atoms with Gasteiger partial charge in [0.05, 0.1) is 17.1 Å². The van der Waals surface area contributed by atoms with E-state index in [1.165, 1.54) is 0 Å². The molecule has 0 aromatic carbocycles. The van der Waals surface area contributed by atoms with Crippen molar-refractivity contribution in [3.05, 3.63) is 23.5 Å². The van der Waals surface area contributed by atoms with Gasteiger partial charge >= 0.3 is 0 Å². The van der Waals surface area contributed by atoms with Crippen molar-refractivity contribution in [2.75, 3.05) is 13.1 Å². The van der Waals surface area contributed by atoms with Crippen LogP contribution in [0.5, 0.6) is 0 Å². The number of aromatic nitrogens is 3. The summed E-state index contributed by atoms with van der Waals surface area (Å²) < 4.78 is 1.71. The summed E-state index contributed by atoms with van der Waals surface area (Å²) in [6, 6.07) is 1.98. The normalized spacial score (nSPS) is 20.4. The van der Waals surface area contributed by atoms with Crippen LogP contribution in [0.2, 0.25) is 0 Å². The Kier molecular flexibility index (Phi) is 3.87. The van der Waals surface area contributed by atoms with Gasteiger partial charge in [0.15, 0.2) is 5.65 Å². The molecule has 1 fully saturated rings. The number of hydrogen-bond acceptors (Lipinski definition) is 4. The average Bonchev–Trinajstić information content (AvgIpc) is 2.87. The van der Waals surface area contributed by atoms with Crippen molar-refractivity contribution in [3.63, 3.8) is 0 Å². The number of carbonyl (C=O) groups excluding carboxylic acids is 1. The number of fused-ring (bicyclic) bond motifs is 1. The second-order valence-electron chi connectivity index (χ2n) is 6.33. The Morgan fingerprint density at radius 2 is 2.27 bits per heavy atom. The molecule has 6 nitrogen and oxygen atoms in total. The largest absolute Gasteiger partial charge is 0.338 e. The zero-order chi connectivity index (χ0) is 15.9. The van der Waals surface area contributed by atoms with Gasteiger partial charge < -0.3 is 10.6 Å². The van der Waals surface area contributed by atoms with Gasteiger partial charge in [-0.05, 0) is 38.7 Å². The second kappa shape index (κ2) is 5.68. The Labute approximate surface area is 130 Å². The monoisotopic (exact) mass is 301 g/mol. The van der Waals surface area contributed by atoms with Crippen LogP contribution < -0.4 is 5.73 Å². The van der Waals surface area contributed by atoms with Crippen LogP contribution in [0.3, 0.4) is 0 Å². The standard InChI is InChI=1S/C16H23N5O/c1-10-7-13(14-8-18-20(3)15(14)19-10)16(22)21-6-4-5-12(9-21)11(2)17/h7-8,11-12H,4-6,9,17H2,1-3H3/t11-,12-/m1/s1. The lowest BCUT2D eigenvalue weighted by atomic mass is 9.91. The molecular formula is C16H23N5O. The number of nitrogens with two attached hydrogens (primary N) is 1. The van der Waals surface area contributed by atoms with Crippen molar-refractivity contribution in [1.82, 2.24) is 19.7 Å². The van der Waals surface area contributed by atoms with Crippen molar-refractivity contribution in [2.45, 2.75) is 32.7 Å². The van der Waals surface area contributed by atoms with E-state index in [1.807, 2.05) is 31.9 Å². The van der Waals surface area contributed by atoms with Crippen molar-refractivity contribution in [3.8, 4) is 0 Å². The summed E-state index contributed by atoms with van der Waals surface area (Å²) in [4.78, 5) is 19.4. The minimum Gasteiger partial charge on any atom is -0.338 e. The van der Waals surface area contributed by atoms with E-state index in [1.54, 1.807) is 10.9 Å². The van der Waals surface area contributed by atoms with Gasteiger partial charge in [-0.25, -0.2) is 4.98 Å². The summed E-state index contributed by atoms with van der Waals surface area (Å²) in [5.74, 6) is 0.443. The average molecular weight is 301 g/mol. The molecule has 0 bridgehead atoms. The van der Waals surface area contributed by atoms with Crippen molar-refractivity contribution >= 4 is 16.9 Å². The molecule has 118 valence electrons. The van der Waals surface area contributed by atoms with Crippen LogP contribution in [0.4, 0.5) is 0 Å². The number of piperidine rings is 1. The maximum absolute atomic E-state index is 13.0. The van der Waals surface area contributed by atoms with E-state index >= 15 is 0 Å². The number of rotatable bonds is 2. The Morgan fingerprint density at radius 3 is 3.00 bits per heavy atom. The van der Waals surface area contributed by atoms with Crippen LogP contribution in [0.15, 0.2) is 12.3 Å². The summed E-state index contributed by atoms with van der Waals surface area (Å²) in [5, 5.41) is 5.05. The van der Waals surface area contributed by atoms with Crippen LogP contribution in [-0.4, -0.2) is 44.7 Å². The molecule has 1 amide bonds. The highest BCUT2D eigenvalue weighted by Gasteiger charge is 2.28. The van der Waals surface area contributed by atoms with Gasteiger partial charge in [-0.3, -0.25) is 9.48 Å². The summed E-state index contributed by atoms with van der Waals surface area (Å²) in [6.07, 6.45) is 3.83. The topological polar surface area (TPSA) is 77.0 Å². The van der Waals surface area contributed by atoms with E-state index < -0.39 is 0 Å². The van der Waals surface area contributed by atoms with E-state index in [0.29, 0.717) is 11.5 Å². The first kappa shape index (κ1) is 15.0. The molecule has 2 aromatic heterocycles. The fraction of sp³-hybridized carbons (Fsp3) is 0.562. The lowest BCUT2D eigenvalue weighted by molar-refractivity contribution is 0.0663. The van der Waals surface area contributed by atoms with Crippen LogP contribution in [0, 0.1) is 12.8 Å². The predicted molar refractivity (Wildman–Crippen MR) is 85.5 cm³/mol. The predicted octanol–water partition coefficient (Wildman–Crippen LogP) is 1.48. The maximum Gasteiger partial charge on any atom is 0.254 e. The van der Waals surface area contributed by atoms with E-state index in [2.05, 4.69) is 10.1 Å². The molecule has 0 unspecified atom stereocenters. The molecule has 0 spiro atoms. The van der Waals surface area contributed by atoms with Crippen molar-refractivity contribution in [2.24, 2.45) is 18.7 Å². The van der Waals surface area contributed by atoms with E-state index in [-0.39, 0.29) is 11.9 Å². The third kappa shape index (κ3) is 2.59. The highest BCUT2D eigenvalue weighted by atomic mass is 16.2. The number of amides is 1. The summed E-state index contributed by atoms with van der Waals surface area (Å²) >= 11 is 0. The third-order valence-corrected chi connectivity index (χ3v) is 4.55. The number of aryl methyl sites for hydroxylation is 2. The van der Waals surface area contributed by atoms with E-state index in [0.717, 1.165) is 42.7 Å². The molecule has 3 rings (SSSR count). The van der Waals surface area contributed by atoms with Gasteiger partial charge in [0.1, 0.15) is 0 Å². The first-order chi connectivity index (χ1) is 10.5. The lowest BCUT2D eigenvalue weighted by Gasteiger charge is -2.34. The fourth-order valence-corrected chi connectivity index (χ4v) is 3.21. The molecule has 0 saturated carbocycles. The second-order valence-corrected chi connectivity index (χ2v) is 6.33. The van der Waals surface area contributed by atoms with Crippen LogP contribution in [0.1, 0.15) is 35.8 Å². The zero-order valence-electron chi connectivity index (χ0n) is 13.4. The van der Waals surface area contributed by atoms with Gasteiger partial charge in [0.2, 0.25) is 0 Å². The van der Waals surface area contributed by atoms with Crippen molar-refractivity contribution < 1.29 is 4.79 Å². The number of carbonyl (C=O) groups is 1. The molecule has 1 aliphatic rings. The quantitative estimate of drug-likeness (QED) is 0.911. The molecule has 2 N–H and O–H groups in total. The number of likely N-dealkylation sites (tertiary alicyclic amines) is 1. The van der Waals surface area contributed by atoms with E-state index in [9.17, 15) is 4.79 Å². The molecule has 1 saturated heterocycles. The smallest absolute Gasteiger partial charge is 0.254 e. The molecule has 22 heavy (non-hydrogen) atoms. The Hall–Kier alpha value is -1.95. The molecule has 6 heteroatoms. The molecule has 0 aliphatic carbocycles. The summed E-state index contributed by atoms with van der Waals surface area (Å²) in [6.45, 7) is 5.46. The zero-order valence-corrected chi connectivity index (χ0v) is 13.4. The molecule has 2 atom stereocenters. The lowest BCUT2D eigenvalue weighted by Crippen LogP contribution is -2.45. The van der Waals surface area contributed by atoms with Crippen LogP contribution in [0.25, 0.3) is 11.0 Å². The molecular weight excluding hydrogens is 278 g/mol. The van der Waals surface area contributed by atoms with Gasteiger partial charge in [0, 0.05) is 31.9 Å². The Balaban J connectivity index is 1.95. The highest BCUT2D eigenvalue weighted by molar-refractivity contribution is 6.05. The molecule has 2 aromatic rings. The van der Waals surface area contributed by atoms with Crippen molar-refractivity contribution in [1.29, 1.82) is 0 Å². The van der Waals surface area contributed by atoms with Crippen LogP contribution >= 0.6 is 0 Å². The minimum absolute atomic E-state index is 0.0638. The number of hydrogen-bond donors (Lipinski definition) is 1. The molecule has 0 radical (unpaired) electrons. The van der Waals surface area contributed by atoms with Gasteiger partial charge in [-0.15, -0.1) is 0 Å². The minimum atomic E-state index is 0.0638. The van der Waals surface area contributed by atoms with E-state index in [4.69, 9.17) is 5.73 Å². The fourth-order valence-electron chi connectivity index (χ4n) is 3.21. The van der Waals surface area contributed by atoms with Gasteiger partial charge in [-0.2, -0.15) is 5.10 Å². The molecule has 1 aliphatic heterocycles. The Morgan fingerprint density at radius 1 is 1.50 bits per heavy atom. The Bertz CT molecular complexity index is 706. The molecule has 3 heterocycles. The van der Waals surface area contributed by atoms with Gasteiger partial charge in [0.25, 0.3) is 5.91 Å². The summed E-state index contributed by atoms with van der Waals surface area (Å²) in [7, 11) is 1.84. The highest BCUT2D eigenvalue weighted by Crippen LogP contribution is 2.24.